The van der Waals surface area contributed by atoms with E-state index in [4.69, 9.17) is 17.3 Å². The van der Waals surface area contributed by atoms with Crippen LogP contribution in [-0.4, -0.2) is 5.25 Å². The van der Waals surface area contributed by atoms with E-state index in [1.807, 2.05) is 23.9 Å². The molecule has 17 heavy (non-hydrogen) atoms. The van der Waals surface area contributed by atoms with Crippen molar-refractivity contribution in [2.45, 2.75) is 49.2 Å². The minimum absolute atomic E-state index is 0.731. The van der Waals surface area contributed by atoms with Gasteiger partial charge in [0, 0.05) is 15.8 Å². The van der Waals surface area contributed by atoms with E-state index in [0.717, 1.165) is 21.9 Å². The number of thioether (sulfide) groups is 1. The Morgan fingerprint density at radius 3 is 2.94 bits per heavy atom. The Kier molecular flexibility index (Phi) is 4.63. The summed E-state index contributed by atoms with van der Waals surface area (Å²) in [5.41, 5.74) is 6.46. The number of hydrogen-bond donors (Lipinski definition) is 1. The van der Waals surface area contributed by atoms with Gasteiger partial charge in [-0.25, -0.2) is 0 Å². The van der Waals surface area contributed by atoms with Gasteiger partial charge < -0.3 is 5.73 Å². The maximum Gasteiger partial charge on any atom is 0.0562 e. The van der Waals surface area contributed by atoms with Crippen molar-refractivity contribution >= 4 is 29.1 Å². The van der Waals surface area contributed by atoms with Crippen molar-refractivity contribution in [3.05, 3.63) is 23.2 Å². The summed E-state index contributed by atoms with van der Waals surface area (Å²) >= 11 is 8.15. The van der Waals surface area contributed by atoms with Gasteiger partial charge in [0.1, 0.15) is 0 Å². The van der Waals surface area contributed by atoms with Gasteiger partial charge in [0.05, 0.1) is 5.02 Å². The Hall–Kier alpha value is -0.340. The molecule has 0 radical (unpaired) electrons. The molecular formula is C14H20ClNS. The predicted octanol–water partition coefficient (Wildman–Crippen LogP) is 4.98. The fraction of sp³-hybridized carbons (Fsp3) is 0.571. The van der Waals surface area contributed by atoms with E-state index < -0.39 is 0 Å². The maximum absolute atomic E-state index is 6.22. The average Bonchev–Trinajstić information content (AvgIpc) is 2.33. The molecule has 2 rings (SSSR count). The van der Waals surface area contributed by atoms with Crippen molar-refractivity contribution < 1.29 is 0 Å². The fourth-order valence-electron chi connectivity index (χ4n) is 2.51. The first-order valence-corrected chi connectivity index (χ1v) is 7.66. The molecule has 3 heteroatoms. The summed E-state index contributed by atoms with van der Waals surface area (Å²) in [6, 6.07) is 5.84. The van der Waals surface area contributed by atoms with Crippen LogP contribution in [0.3, 0.4) is 0 Å². The summed E-state index contributed by atoms with van der Waals surface area (Å²) < 4.78 is 0. The van der Waals surface area contributed by atoms with Crippen LogP contribution in [0, 0.1) is 5.92 Å². The summed E-state index contributed by atoms with van der Waals surface area (Å²) in [4.78, 5) is 1.18. The van der Waals surface area contributed by atoms with Crippen LogP contribution >= 0.6 is 23.4 Å². The molecule has 0 heterocycles. The van der Waals surface area contributed by atoms with Crippen molar-refractivity contribution in [1.29, 1.82) is 0 Å². The Morgan fingerprint density at radius 2 is 2.24 bits per heavy atom. The van der Waals surface area contributed by atoms with Gasteiger partial charge in [-0.15, -0.1) is 11.8 Å². The van der Waals surface area contributed by atoms with E-state index in [1.165, 1.54) is 37.0 Å². The van der Waals surface area contributed by atoms with Crippen molar-refractivity contribution in [1.82, 2.24) is 0 Å². The number of nitrogen functional groups attached to an aromatic ring is 1. The number of rotatable bonds is 3. The zero-order valence-electron chi connectivity index (χ0n) is 10.3. The smallest absolute Gasteiger partial charge is 0.0562 e. The fourth-order valence-corrected chi connectivity index (χ4v) is 4.16. The van der Waals surface area contributed by atoms with E-state index in [9.17, 15) is 0 Å². The van der Waals surface area contributed by atoms with Gasteiger partial charge in [-0.1, -0.05) is 37.8 Å². The standard InChI is InChI=1S/C14H20ClNS/c1-2-10-4-3-5-12(8-10)17-14-7-6-11(16)9-13(14)15/h6-7,9-10,12H,2-5,8,16H2,1H3. The second-order valence-corrected chi connectivity index (χ2v) is 6.62. The van der Waals surface area contributed by atoms with Gasteiger partial charge in [-0.2, -0.15) is 0 Å². The lowest BCUT2D eigenvalue weighted by Gasteiger charge is -2.28. The van der Waals surface area contributed by atoms with E-state index >= 15 is 0 Å². The Labute approximate surface area is 113 Å². The van der Waals surface area contributed by atoms with Crippen molar-refractivity contribution in [2.75, 3.05) is 5.73 Å². The van der Waals surface area contributed by atoms with Gasteiger partial charge in [0.2, 0.25) is 0 Å². The number of halogens is 1. The van der Waals surface area contributed by atoms with E-state index in [0.29, 0.717) is 0 Å². The molecule has 1 aliphatic carbocycles. The molecule has 1 fully saturated rings. The van der Waals surface area contributed by atoms with E-state index in [-0.39, 0.29) is 0 Å². The third kappa shape index (κ3) is 3.56. The Balaban J connectivity index is 2.00. The van der Waals surface area contributed by atoms with Crippen molar-refractivity contribution in [2.24, 2.45) is 5.92 Å². The van der Waals surface area contributed by atoms with Crippen LogP contribution in [0.1, 0.15) is 39.0 Å². The van der Waals surface area contributed by atoms with Gasteiger partial charge in [-0.05, 0) is 37.0 Å². The van der Waals surface area contributed by atoms with Crippen LogP contribution in [0.2, 0.25) is 5.02 Å². The monoisotopic (exact) mass is 269 g/mol. The highest BCUT2D eigenvalue weighted by Gasteiger charge is 2.22. The molecule has 0 aliphatic heterocycles. The highest BCUT2D eigenvalue weighted by atomic mass is 35.5. The molecule has 2 atom stereocenters. The maximum atomic E-state index is 6.22. The summed E-state index contributed by atoms with van der Waals surface area (Å²) in [5, 5.41) is 1.53. The summed E-state index contributed by atoms with van der Waals surface area (Å²) in [6.45, 7) is 2.30. The molecule has 1 aliphatic rings. The quantitative estimate of drug-likeness (QED) is 0.783. The lowest BCUT2D eigenvalue weighted by molar-refractivity contribution is 0.357. The zero-order valence-corrected chi connectivity index (χ0v) is 11.9. The van der Waals surface area contributed by atoms with Crippen LogP contribution in [0.4, 0.5) is 5.69 Å². The van der Waals surface area contributed by atoms with Crippen LogP contribution in [-0.2, 0) is 0 Å². The molecule has 1 nitrogen and oxygen atoms in total. The van der Waals surface area contributed by atoms with Crippen LogP contribution in [0.5, 0.6) is 0 Å². The lowest BCUT2D eigenvalue weighted by atomic mass is 9.87. The molecular weight excluding hydrogens is 250 g/mol. The van der Waals surface area contributed by atoms with Gasteiger partial charge in [0.25, 0.3) is 0 Å². The summed E-state index contributed by atoms with van der Waals surface area (Å²) in [6.07, 6.45) is 6.74. The molecule has 0 bridgehead atoms. The third-order valence-electron chi connectivity index (χ3n) is 3.56. The van der Waals surface area contributed by atoms with Crippen molar-refractivity contribution in [3.63, 3.8) is 0 Å². The molecule has 1 saturated carbocycles. The third-order valence-corrected chi connectivity index (χ3v) is 5.36. The topological polar surface area (TPSA) is 26.0 Å². The van der Waals surface area contributed by atoms with E-state index in [1.54, 1.807) is 0 Å². The first-order chi connectivity index (χ1) is 8.19. The first kappa shape index (κ1) is 13.1. The highest BCUT2D eigenvalue weighted by Crippen LogP contribution is 2.40. The average molecular weight is 270 g/mol. The predicted molar refractivity (Wildman–Crippen MR) is 77.8 cm³/mol. The Morgan fingerprint density at radius 1 is 1.41 bits per heavy atom. The molecule has 2 unspecified atom stereocenters. The molecule has 1 aromatic carbocycles. The largest absolute Gasteiger partial charge is 0.399 e. The summed E-state index contributed by atoms with van der Waals surface area (Å²) in [5.74, 6) is 0.911. The minimum atomic E-state index is 0.731. The number of nitrogens with two attached hydrogens (primary N) is 1. The number of benzene rings is 1. The molecule has 0 saturated heterocycles. The van der Waals surface area contributed by atoms with E-state index in [2.05, 4.69) is 13.0 Å². The normalized spacial score (nSPS) is 24.8. The molecule has 0 amide bonds. The van der Waals surface area contributed by atoms with Crippen molar-refractivity contribution in [3.8, 4) is 0 Å². The Bertz CT molecular complexity index is 380. The van der Waals surface area contributed by atoms with Gasteiger partial charge in [0.15, 0.2) is 0 Å². The molecule has 0 aromatic heterocycles. The lowest BCUT2D eigenvalue weighted by Crippen LogP contribution is -2.16. The SMILES string of the molecule is CCC1CCCC(Sc2ccc(N)cc2Cl)C1. The number of hydrogen-bond acceptors (Lipinski definition) is 2. The molecule has 1 aromatic rings. The summed E-state index contributed by atoms with van der Waals surface area (Å²) in [7, 11) is 0. The first-order valence-electron chi connectivity index (χ1n) is 6.40. The van der Waals surface area contributed by atoms with Gasteiger partial charge in [-0.3, -0.25) is 0 Å². The second kappa shape index (κ2) is 6.01. The molecule has 2 N–H and O–H groups in total. The minimum Gasteiger partial charge on any atom is -0.399 e. The molecule has 0 spiro atoms. The van der Waals surface area contributed by atoms with Crippen LogP contribution in [0.15, 0.2) is 23.1 Å². The number of anilines is 1. The van der Waals surface area contributed by atoms with Crippen LogP contribution in [0.25, 0.3) is 0 Å². The van der Waals surface area contributed by atoms with Gasteiger partial charge >= 0.3 is 0 Å². The zero-order chi connectivity index (χ0) is 12.3. The molecule has 94 valence electrons. The highest BCUT2D eigenvalue weighted by molar-refractivity contribution is 8.00. The van der Waals surface area contributed by atoms with Crippen LogP contribution < -0.4 is 5.73 Å². The second-order valence-electron chi connectivity index (χ2n) is 4.87.